The number of carbonyl (C=O) groups is 1. The first-order chi connectivity index (χ1) is 9.08. The molecule has 1 fully saturated rings. The minimum absolute atomic E-state index is 0.185. The number of likely N-dealkylation sites (tertiary alicyclic amines) is 1. The van der Waals surface area contributed by atoms with Crippen LogP contribution in [-0.2, 0) is 14.9 Å². The second kappa shape index (κ2) is 5.70. The molecule has 0 unspecified atom stereocenters. The van der Waals surface area contributed by atoms with Crippen LogP contribution < -0.4 is 0 Å². The molecule has 1 aliphatic rings. The van der Waals surface area contributed by atoms with E-state index >= 15 is 0 Å². The molecular weight excluding hydrogens is 245 g/mol. The molecule has 19 heavy (non-hydrogen) atoms. The highest BCUT2D eigenvalue weighted by Crippen LogP contribution is 2.36. The minimum Gasteiger partial charge on any atom is -0.465 e. The molecule has 0 N–H and O–H groups in total. The van der Waals surface area contributed by atoms with Gasteiger partial charge in [0, 0.05) is 0 Å². The Bertz CT molecular complexity index is 436. The van der Waals surface area contributed by atoms with Crippen molar-refractivity contribution in [3.8, 4) is 0 Å². The number of ether oxygens (including phenoxy) is 1. The third-order valence-electron chi connectivity index (χ3n) is 3.90. The smallest absolute Gasteiger partial charge is 0.316 e. The molecule has 0 aromatic heterocycles. The third kappa shape index (κ3) is 2.78. The number of hydrogen-bond donors (Lipinski definition) is 0. The minimum atomic E-state index is -0.615. The average Bonchev–Trinajstić information content (AvgIpc) is 2.41. The van der Waals surface area contributed by atoms with Crippen molar-refractivity contribution in [2.45, 2.75) is 25.2 Å². The maximum atomic E-state index is 13.1. The molecule has 0 radical (unpaired) electrons. The van der Waals surface area contributed by atoms with Crippen LogP contribution in [0.2, 0.25) is 0 Å². The Morgan fingerprint density at radius 3 is 2.42 bits per heavy atom. The maximum absolute atomic E-state index is 13.1. The fourth-order valence-electron chi connectivity index (χ4n) is 2.65. The van der Waals surface area contributed by atoms with Crippen molar-refractivity contribution in [1.29, 1.82) is 0 Å². The molecule has 1 heterocycles. The van der Waals surface area contributed by atoms with Gasteiger partial charge in [-0.1, -0.05) is 12.1 Å². The van der Waals surface area contributed by atoms with Crippen molar-refractivity contribution in [2.75, 3.05) is 26.7 Å². The van der Waals surface area contributed by atoms with Crippen molar-refractivity contribution in [1.82, 2.24) is 4.90 Å². The molecule has 0 spiro atoms. The molecule has 1 aromatic carbocycles. The normalized spacial score (nSPS) is 19.1. The van der Waals surface area contributed by atoms with Gasteiger partial charge in [0.05, 0.1) is 12.0 Å². The number of nitrogens with zero attached hydrogens (tertiary/aromatic N) is 1. The van der Waals surface area contributed by atoms with E-state index in [1.807, 2.05) is 14.0 Å². The van der Waals surface area contributed by atoms with Crippen molar-refractivity contribution >= 4 is 5.97 Å². The molecule has 0 amide bonds. The highest BCUT2D eigenvalue weighted by molar-refractivity contribution is 5.83. The van der Waals surface area contributed by atoms with E-state index in [0.29, 0.717) is 19.4 Å². The molecule has 3 nitrogen and oxygen atoms in total. The van der Waals surface area contributed by atoms with Crippen molar-refractivity contribution < 1.29 is 13.9 Å². The summed E-state index contributed by atoms with van der Waals surface area (Å²) in [5.74, 6) is -0.467. The lowest BCUT2D eigenvalue weighted by atomic mass is 9.73. The van der Waals surface area contributed by atoms with Gasteiger partial charge in [-0.05, 0) is 57.6 Å². The van der Waals surface area contributed by atoms with E-state index in [2.05, 4.69) is 4.90 Å². The molecule has 104 valence electrons. The first-order valence-corrected chi connectivity index (χ1v) is 6.70. The van der Waals surface area contributed by atoms with Crippen molar-refractivity contribution in [3.05, 3.63) is 35.6 Å². The van der Waals surface area contributed by atoms with Gasteiger partial charge in [-0.2, -0.15) is 0 Å². The first-order valence-electron chi connectivity index (χ1n) is 6.70. The number of halogens is 1. The van der Waals surface area contributed by atoms with Gasteiger partial charge in [-0.15, -0.1) is 0 Å². The van der Waals surface area contributed by atoms with Crippen molar-refractivity contribution in [2.24, 2.45) is 0 Å². The number of benzene rings is 1. The zero-order valence-corrected chi connectivity index (χ0v) is 11.5. The van der Waals surface area contributed by atoms with E-state index in [9.17, 15) is 9.18 Å². The number of carbonyl (C=O) groups excluding carboxylic acids is 1. The fraction of sp³-hybridized carbons (Fsp3) is 0.533. The van der Waals surface area contributed by atoms with Gasteiger partial charge in [0.25, 0.3) is 0 Å². The molecule has 2 rings (SSSR count). The van der Waals surface area contributed by atoms with E-state index in [1.54, 1.807) is 12.1 Å². The largest absolute Gasteiger partial charge is 0.465 e. The molecular formula is C15H20FNO2. The Labute approximate surface area is 113 Å². The molecule has 4 heteroatoms. The van der Waals surface area contributed by atoms with Gasteiger partial charge in [-0.25, -0.2) is 4.39 Å². The van der Waals surface area contributed by atoms with Gasteiger partial charge < -0.3 is 9.64 Å². The van der Waals surface area contributed by atoms with Crippen LogP contribution in [0.3, 0.4) is 0 Å². The van der Waals surface area contributed by atoms with Crippen LogP contribution in [0.5, 0.6) is 0 Å². The summed E-state index contributed by atoms with van der Waals surface area (Å²) in [5.41, 5.74) is 0.247. The SMILES string of the molecule is CCOC(=O)C1(c2ccc(F)cc2)CCN(C)CC1. The summed E-state index contributed by atoms with van der Waals surface area (Å²) in [4.78, 5) is 14.6. The summed E-state index contributed by atoms with van der Waals surface area (Å²) in [6.45, 7) is 3.87. The highest BCUT2D eigenvalue weighted by atomic mass is 19.1. The standard InChI is InChI=1S/C15H20FNO2/c1-3-19-14(18)15(8-10-17(2)11-9-15)12-4-6-13(16)7-5-12/h4-7H,3,8-11H2,1-2H3. The summed E-state index contributed by atoms with van der Waals surface area (Å²) < 4.78 is 18.3. The van der Waals surface area contributed by atoms with E-state index in [1.165, 1.54) is 12.1 Å². The summed E-state index contributed by atoms with van der Waals surface area (Å²) in [6, 6.07) is 6.23. The lowest BCUT2D eigenvalue weighted by Crippen LogP contribution is -2.47. The Kier molecular flexibility index (Phi) is 4.20. The maximum Gasteiger partial charge on any atom is 0.316 e. The summed E-state index contributed by atoms with van der Waals surface area (Å²) >= 11 is 0. The van der Waals surface area contributed by atoms with E-state index < -0.39 is 5.41 Å². The lowest BCUT2D eigenvalue weighted by molar-refractivity contribution is -0.152. The molecule has 0 atom stereocenters. The van der Waals surface area contributed by atoms with Gasteiger partial charge in [-0.3, -0.25) is 4.79 Å². The predicted octanol–water partition coefficient (Wildman–Crippen LogP) is 2.35. The molecule has 0 aliphatic carbocycles. The molecule has 0 saturated carbocycles. The van der Waals surface area contributed by atoms with Crippen LogP contribution in [-0.4, -0.2) is 37.6 Å². The van der Waals surface area contributed by atoms with E-state index in [0.717, 1.165) is 18.7 Å². The fourth-order valence-corrected chi connectivity index (χ4v) is 2.65. The summed E-state index contributed by atoms with van der Waals surface area (Å²) in [5, 5.41) is 0. The van der Waals surface area contributed by atoms with Crippen LogP contribution in [0, 0.1) is 5.82 Å². The topological polar surface area (TPSA) is 29.5 Å². The van der Waals surface area contributed by atoms with Gasteiger partial charge >= 0.3 is 5.97 Å². The lowest BCUT2D eigenvalue weighted by Gasteiger charge is -2.38. The molecule has 0 bridgehead atoms. The monoisotopic (exact) mass is 265 g/mol. The van der Waals surface area contributed by atoms with E-state index in [-0.39, 0.29) is 11.8 Å². The number of rotatable bonds is 3. The summed E-state index contributed by atoms with van der Waals surface area (Å²) in [6.07, 6.45) is 1.43. The highest BCUT2D eigenvalue weighted by Gasteiger charge is 2.43. The molecule has 1 aliphatic heterocycles. The van der Waals surface area contributed by atoms with Crippen LogP contribution in [0.4, 0.5) is 4.39 Å². The van der Waals surface area contributed by atoms with Crippen LogP contribution >= 0.6 is 0 Å². The first kappa shape index (κ1) is 14.0. The summed E-state index contributed by atoms with van der Waals surface area (Å²) in [7, 11) is 2.04. The Balaban J connectivity index is 2.33. The molecule has 1 saturated heterocycles. The quantitative estimate of drug-likeness (QED) is 0.786. The number of piperidine rings is 1. The van der Waals surface area contributed by atoms with Crippen LogP contribution in [0.15, 0.2) is 24.3 Å². The number of esters is 1. The zero-order chi connectivity index (χ0) is 13.9. The van der Waals surface area contributed by atoms with Gasteiger partial charge in [0.15, 0.2) is 0 Å². The average molecular weight is 265 g/mol. The zero-order valence-electron chi connectivity index (χ0n) is 11.5. The number of hydrogen-bond acceptors (Lipinski definition) is 3. The second-order valence-electron chi connectivity index (χ2n) is 5.11. The Hall–Kier alpha value is -1.42. The van der Waals surface area contributed by atoms with Gasteiger partial charge in [0.1, 0.15) is 5.82 Å². The van der Waals surface area contributed by atoms with Crippen LogP contribution in [0.1, 0.15) is 25.3 Å². The third-order valence-corrected chi connectivity index (χ3v) is 3.90. The Morgan fingerprint density at radius 2 is 1.89 bits per heavy atom. The van der Waals surface area contributed by atoms with Gasteiger partial charge in [0.2, 0.25) is 0 Å². The van der Waals surface area contributed by atoms with Crippen molar-refractivity contribution in [3.63, 3.8) is 0 Å². The second-order valence-corrected chi connectivity index (χ2v) is 5.11. The molecule has 1 aromatic rings. The predicted molar refractivity (Wildman–Crippen MR) is 71.4 cm³/mol. The van der Waals surface area contributed by atoms with Crippen LogP contribution in [0.25, 0.3) is 0 Å². The Morgan fingerprint density at radius 1 is 1.32 bits per heavy atom. The van der Waals surface area contributed by atoms with E-state index in [4.69, 9.17) is 4.74 Å².